The molecule has 0 saturated heterocycles. The van der Waals surface area contributed by atoms with Gasteiger partial charge in [0.05, 0.1) is 0 Å². The maximum Gasteiger partial charge on any atom is 0.226 e. The first-order chi connectivity index (χ1) is 5.95. The zero-order chi connectivity index (χ0) is 10.5. The van der Waals surface area contributed by atoms with Gasteiger partial charge in [0.25, 0.3) is 0 Å². The summed E-state index contributed by atoms with van der Waals surface area (Å²) >= 11 is 0. The lowest BCUT2D eigenvalue weighted by Crippen LogP contribution is -2.43. The Morgan fingerprint density at radius 3 is 1.15 bits per heavy atom. The molecule has 0 aliphatic rings. The molecule has 0 aromatic heterocycles. The van der Waals surface area contributed by atoms with Gasteiger partial charge in [-0.15, -0.1) is 26.3 Å². The molecule has 1 nitrogen and oxygen atoms in total. The largest absolute Gasteiger partial charge is 0.443 e. The second kappa shape index (κ2) is 4.55. The van der Waals surface area contributed by atoms with Crippen molar-refractivity contribution in [1.82, 2.24) is 0 Å². The van der Waals surface area contributed by atoms with Crippen LogP contribution in [-0.2, 0) is 4.12 Å². The lowest BCUT2D eigenvalue weighted by Gasteiger charge is -2.30. The van der Waals surface area contributed by atoms with Gasteiger partial charge < -0.3 is 4.12 Å². The van der Waals surface area contributed by atoms with Crippen molar-refractivity contribution in [2.75, 3.05) is 0 Å². The third-order valence-electron chi connectivity index (χ3n) is 2.06. The fourth-order valence-electron chi connectivity index (χ4n) is 0.807. The third-order valence-corrected chi connectivity index (χ3v) is 8.82. The van der Waals surface area contributed by atoms with Crippen LogP contribution in [0.2, 0.25) is 13.1 Å². The van der Waals surface area contributed by atoms with E-state index in [0.717, 1.165) is 0 Å². The van der Waals surface area contributed by atoms with Gasteiger partial charge in [0.1, 0.15) is 0 Å². The van der Waals surface area contributed by atoms with Gasteiger partial charge in [-0.1, -0.05) is 22.8 Å². The molecule has 0 aliphatic heterocycles. The Balaban J connectivity index is 4.74. The Morgan fingerprint density at radius 1 is 0.769 bits per heavy atom. The highest BCUT2D eigenvalue weighted by Crippen LogP contribution is 2.17. The second-order valence-corrected chi connectivity index (χ2v) is 10.5. The minimum Gasteiger partial charge on any atom is -0.443 e. The van der Waals surface area contributed by atoms with Crippen LogP contribution in [-0.4, -0.2) is 16.6 Å². The van der Waals surface area contributed by atoms with E-state index in [1.54, 1.807) is 0 Å². The van der Waals surface area contributed by atoms with E-state index in [-0.39, 0.29) is 0 Å². The van der Waals surface area contributed by atoms with Crippen molar-refractivity contribution in [3.05, 3.63) is 49.1 Å². The summed E-state index contributed by atoms with van der Waals surface area (Å²) in [4.78, 5) is 0. The molecule has 0 radical (unpaired) electrons. The van der Waals surface area contributed by atoms with Crippen molar-refractivity contribution >= 4 is 16.6 Å². The summed E-state index contributed by atoms with van der Waals surface area (Å²) < 4.78 is 6.03. The molecule has 0 aromatic carbocycles. The maximum atomic E-state index is 6.03. The molecular weight excluding hydrogens is 192 g/mol. The van der Waals surface area contributed by atoms with E-state index in [2.05, 4.69) is 39.4 Å². The Morgan fingerprint density at radius 2 is 1.00 bits per heavy atom. The molecule has 0 aromatic rings. The quantitative estimate of drug-likeness (QED) is 0.612. The minimum absolute atomic E-state index is 1.87. The molecule has 0 fully saturated rings. The van der Waals surface area contributed by atoms with Crippen molar-refractivity contribution in [2.45, 2.75) is 13.1 Å². The predicted molar refractivity (Wildman–Crippen MR) is 65.1 cm³/mol. The van der Waals surface area contributed by atoms with Crippen molar-refractivity contribution in [2.24, 2.45) is 0 Å². The first-order valence-electron chi connectivity index (χ1n) is 4.20. The van der Waals surface area contributed by atoms with Gasteiger partial charge >= 0.3 is 0 Å². The van der Waals surface area contributed by atoms with E-state index in [9.17, 15) is 0 Å². The van der Waals surface area contributed by atoms with Crippen molar-refractivity contribution in [1.29, 1.82) is 0 Å². The maximum absolute atomic E-state index is 6.03. The molecule has 0 bridgehead atoms. The molecule has 3 heteroatoms. The summed E-state index contributed by atoms with van der Waals surface area (Å²) in [7, 11) is -3.86. The number of rotatable bonds is 6. The fourth-order valence-corrected chi connectivity index (χ4v) is 6.26. The van der Waals surface area contributed by atoms with Crippen LogP contribution in [0.5, 0.6) is 0 Å². The van der Waals surface area contributed by atoms with Gasteiger partial charge in [-0.3, -0.25) is 0 Å². The topological polar surface area (TPSA) is 9.23 Å². The summed E-state index contributed by atoms with van der Waals surface area (Å²) in [6.45, 7) is 19.2. The van der Waals surface area contributed by atoms with Gasteiger partial charge in [-0.25, -0.2) is 0 Å². The normalized spacial score (nSPS) is 11.8. The molecule has 0 atom stereocenters. The zero-order valence-corrected chi connectivity index (χ0v) is 10.5. The monoisotopic (exact) mass is 210 g/mol. The molecule has 0 unspecified atom stereocenters. The van der Waals surface area contributed by atoms with E-state index < -0.39 is 16.6 Å². The Bertz CT molecular complexity index is 193. The van der Waals surface area contributed by atoms with Gasteiger partial charge in [-0.2, -0.15) is 0 Å². The molecule has 0 N–H and O–H groups in total. The number of hydrogen-bond acceptors (Lipinski definition) is 1. The summed E-state index contributed by atoms with van der Waals surface area (Å²) in [5.74, 6) is 0. The van der Waals surface area contributed by atoms with Gasteiger partial charge in [0.2, 0.25) is 16.6 Å². The lowest BCUT2D eigenvalue weighted by atomic mass is 11.2. The minimum atomic E-state index is -1.93. The van der Waals surface area contributed by atoms with Crippen LogP contribution >= 0.6 is 0 Å². The van der Waals surface area contributed by atoms with Gasteiger partial charge in [0, 0.05) is 0 Å². The first kappa shape index (κ1) is 12.4. The fraction of sp³-hybridized carbons (Fsp3) is 0.200. The Labute approximate surface area is 83.4 Å². The molecular formula is C10H18OSi2. The van der Waals surface area contributed by atoms with E-state index in [1.165, 1.54) is 0 Å². The van der Waals surface area contributed by atoms with E-state index in [0.29, 0.717) is 0 Å². The molecule has 0 rings (SSSR count). The molecule has 0 aliphatic carbocycles. The van der Waals surface area contributed by atoms with Crippen molar-refractivity contribution < 1.29 is 4.12 Å². The summed E-state index contributed by atoms with van der Waals surface area (Å²) in [6, 6.07) is 0. The predicted octanol–water partition coefficient (Wildman–Crippen LogP) is 3.05. The molecule has 0 heterocycles. The lowest BCUT2D eigenvalue weighted by molar-refractivity contribution is 0.583. The standard InChI is InChI=1S/C10H18OSi2/c1-7-12(5,8-2)11-13(6,9-3)10-4/h7-10H,1-4H2,5-6H3. The van der Waals surface area contributed by atoms with Crippen LogP contribution in [0.25, 0.3) is 0 Å². The third kappa shape index (κ3) is 3.30. The average molecular weight is 210 g/mol. The van der Waals surface area contributed by atoms with Gasteiger partial charge in [0.15, 0.2) is 0 Å². The highest BCUT2D eigenvalue weighted by atomic mass is 28.4. The molecule has 72 valence electrons. The molecule has 0 amide bonds. The van der Waals surface area contributed by atoms with Crippen LogP contribution in [0, 0.1) is 0 Å². The summed E-state index contributed by atoms with van der Waals surface area (Å²) in [5, 5.41) is 0. The SMILES string of the molecule is C=C[Si](C)(C=C)O[Si](C)(C=C)C=C. The van der Waals surface area contributed by atoms with E-state index in [1.807, 2.05) is 22.8 Å². The van der Waals surface area contributed by atoms with Crippen LogP contribution < -0.4 is 0 Å². The summed E-state index contributed by atoms with van der Waals surface area (Å²) in [5.41, 5.74) is 7.49. The zero-order valence-electron chi connectivity index (χ0n) is 8.55. The van der Waals surface area contributed by atoms with Crippen LogP contribution in [0.1, 0.15) is 0 Å². The van der Waals surface area contributed by atoms with Crippen molar-refractivity contribution in [3.8, 4) is 0 Å². The Kier molecular flexibility index (Phi) is 4.32. The molecule has 13 heavy (non-hydrogen) atoms. The van der Waals surface area contributed by atoms with Crippen LogP contribution in [0.15, 0.2) is 49.1 Å². The van der Waals surface area contributed by atoms with E-state index >= 15 is 0 Å². The highest BCUT2D eigenvalue weighted by Gasteiger charge is 2.31. The van der Waals surface area contributed by atoms with Crippen molar-refractivity contribution in [3.63, 3.8) is 0 Å². The highest BCUT2D eigenvalue weighted by molar-refractivity contribution is 6.94. The molecule has 0 saturated carbocycles. The second-order valence-electron chi connectivity index (χ2n) is 3.29. The van der Waals surface area contributed by atoms with Crippen LogP contribution in [0.3, 0.4) is 0 Å². The first-order valence-corrected chi connectivity index (χ1v) is 9.32. The summed E-state index contributed by atoms with van der Waals surface area (Å²) in [6.07, 6.45) is 0. The molecule has 0 spiro atoms. The van der Waals surface area contributed by atoms with Crippen LogP contribution in [0.4, 0.5) is 0 Å². The van der Waals surface area contributed by atoms with E-state index in [4.69, 9.17) is 4.12 Å². The van der Waals surface area contributed by atoms with Gasteiger partial charge in [-0.05, 0) is 13.1 Å². The average Bonchev–Trinajstić information content (AvgIpc) is 2.17. The Hall–Kier alpha value is -0.646. The smallest absolute Gasteiger partial charge is 0.226 e. The number of hydrogen-bond donors (Lipinski definition) is 0.